The van der Waals surface area contributed by atoms with Gasteiger partial charge in [0.2, 0.25) is 0 Å². The molecule has 0 aliphatic heterocycles. The molecule has 130 heavy (non-hydrogen) atoms. The fourth-order valence-corrected chi connectivity index (χ4v) is 14.0. The number of esters is 3. The largest absolute Gasteiger partial charge is 0.478 e. The van der Waals surface area contributed by atoms with Crippen LogP contribution >= 0.6 is 0 Å². The van der Waals surface area contributed by atoms with Crippen molar-refractivity contribution < 1.29 is 91.4 Å². The molecule has 0 atom stereocenters. The maximum atomic E-state index is 12.8. The summed E-state index contributed by atoms with van der Waals surface area (Å²) in [6.07, 6.45) is 2.72. The number of ether oxygens (including phenoxy) is 6. The number of amides is 6. The van der Waals surface area contributed by atoms with Crippen LogP contribution in [0.25, 0.3) is 43.6 Å². The predicted octanol–water partition coefficient (Wildman–Crippen LogP) is 17.8. The number of carbonyl (C=O) groups excluding carboxylic acids is 9. The summed E-state index contributed by atoms with van der Waals surface area (Å²) in [5.74, 6) is -4.22. The van der Waals surface area contributed by atoms with E-state index in [9.17, 15) is 63.0 Å². The van der Waals surface area contributed by atoms with Crippen LogP contribution in [0.1, 0.15) is 169 Å². The van der Waals surface area contributed by atoms with Gasteiger partial charge in [-0.1, -0.05) is 146 Å². The molecule has 0 spiro atoms. The second-order valence-electron chi connectivity index (χ2n) is 29.4. The van der Waals surface area contributed by atoms with Crippen molar-refractivity contribution in [2.45, 2.75) is 92.0 Å². The number of anilines is 3. The van der Waals surface area contributed by atoms with Gasteiger partial charge in [-0.15, -0.1) is 0 Å². The Hall–Kier alpha value is -16.1. The minimum absolute atomic E-state index is 0.130. The van der Waals surface area contributed by atoms with Crippen LogP contribution in [0.5, 0.6) is 0 Å². The summed E-state index contributed by atoms with van der Waals surface area (Å²) in [6, 6.07) is 76.1. The Morgan fingerprint density at radius 2 is 0.554 bits per heavy atom. The number of benzene rings is 10. The molecule has 0 aliphatic rings. The second-order valence-corrected chi connectivity index (χ2v) is 29.4. The highest BCUT2D eigenvalue weighted by Crippen LogP contribution is 2.32. The molecule has 4 heterocycles. The highest BCUT2D eigenvalue weighted by Gasteiger charge is 2.26. The van der Waals surface area contributed by atoms with Crippen molar-refractivity contribution in [2.75, 3.05) is 62.0 Å². The number of carbonyl (C=O) groups is 11. The highest BCUT2D eigenvalue weighted by molar-refractivity contribution is 6.11. The van der Waals surface area contributed by atoms with E-state index >= 15 is 0 Å². The minimum Gasteiger partial charge on any atom is -0.478 e. The summed E-state index contributed by atoms with van der Waals surface area (Å²) in [6.45, 7) is 8.01. The molecule has 4 aromatic heterocycles. The molecule has 14 aromatic rings. The van der Waals surface area contributed by atoms with Crippen molar-refractivity contribution >= 4 is 127 Å². The van der Waals surface area contributed by atoms with Gasteiger partial charge in [-0.25, -0.2) is 38.4 Å². The lowest BCUT2D eigenvalue weighted by molar-refractivity contribution is 0.0510. The molecular formula is C100H101N11O19. The number of H-pyrrole nitrogens is 4. The third-order valence-corrected chi connectivity index (χ3v) is 20.3. The number of aryl methyl sites for hydroxylation is 4. The lowest BCUT2D eigenvalue weighted by Crippen LogP contribution is -2.25. The number of carboxylic acids is 2. The van der Waals surface area contributed by atoms with Gasteiger partial charge in [0, 0.05) is 97.0 Å². The number of aromatic amines is 4. The Morgan fingerprint density at radius 3 is 0.823 bits per heavy atom. The molecule has 0 saturated carbocycles. The van der Waals surface area contributed by atoms with E-state index in [4.69, 9.17) is 34.2 Å². The molecule has 14 rings (SSSR count). The normalized spacial score (nSPS) is 10.6. The van der Waals surface area contributed by atoms with Crippen LogP contribution in [0.2, 0.25) is 0 Å². The van der Waals surface area contributed by atoms with Crippen LogP contribution in [0.15, 0.2) is 255 Å². The molecule has 10 aromatic carbocycles. The lowest BCUT2D eigenvalue weighted by Gasteiger charge is -2.08. The Labute approximate surface area is 748 Å². The number of carboxylic acid groups (broad SMARTS) is 2. The first-order valence-corrected chi connectivity index (χ1v) is 42.4. The topological polar surface area (TPSA) is 445 Å². The third kappa shape index (κ3) is 27.2. The third-order valence-electron chi connectivity index (χ3n) is 20.3. The fourth-order valence-electron chi connectivity index (χ4n) is 14.0. The first kappa shape index (κ1) is 94.6. The number of alkyl carbamates (subject to hydrolysis) is 3. The lowest BCUT2D eigenvalue weighted by atomic mass is 10.0. The van der Waals surface area contributed by atoms with Crippen LogP contribution in [0, 0.1) is 0 Å². The smallest absolute Gasteiger partial charge is 0.407 e. The molecule has 14 N–H and O–H groups in total. The first-order valence-electron chi connectivity index (χ1n) is 42.4. The van der Waals surface area contributed by atoms with Crippen molar-refractivity contribution in [3.05, 3.63) is 339 Å². The van der Waals surface area contributed by atoms with Gasteiger partial charge in [0.15, 0.2) is 0 Å². The van der Waals surface area contributed by atoms with E-state index in [0.717, 1.165) is 55.0 Å². The van der Waals surface area contributed by atoms with Crippen LogP contribution in [0.3, 0.4) is 0 Å². The van der Waals surface area contributed by atoms with E-state index in [1.54, 1.807) is 81.4 Å². The maximum Gasteiger partial charge on any atom is 0.407 e. The monoisotopic (exact) mass is 1760 g/mol. The zero-order chi connectivity index (χ0) is 92.1. The molecule has 0 bridgehead atoms. The van der Waals surface area contributed by atoms with E-state index in [1.165, 1.54) is 12.1 Å². The Kier molecular flexibility index (Phi) is 35.2. The summed E-state index contributed by atoms with van der Waals surface area (Å²) >= 11 is 0. The van der Waals surface area contributed by atoms with Gasteiger partial charge in [0.25, 0.3) is 17.7 Å². The number of hydrogen-bond acceptors (Lipinski definition) is 18. The standard InChI is InChI=1S/2C29H29N3O5.C23H24N2O6.C19H19N3O3/c2*1-2-36-28(34)26-23(14-9-17-30-29(35)37-19-20-10-5-3-6-11-20)24-18-21(15-16-25(24)32-26)27(33)31-22-12-7-4-8-13-22;1-2-30-22(28)20-17(18-13-16(21(26)27)10-11-19(18)25-20)9-6-12-24-23(29)31-14-15-7-4-3-5-8-15;20-10-4-7-14-15-11-12(8-9-16(15)22-17(14)19(24)25)18(23)21-13-5-2-1-3-6-13/h2*3-8,10-13,15-16,18,32H,2,9,14,17,19H2,1H3,(H,30,35)(H,31,33);3-5,7-8,10-11,13,25H,2,6,9,12,14H2,1H3,(H,24,29)(H,26,27);1-3,5-6,8-9,11,22H,4,7,10,20H2,(H,21,23)(H,24,25). The predicted molar refractivity (Wildman–Crippen MR) is 494 cm³/mol. The Morgan fingerprint density at radius 1 is 0.300 bits per heavy atom. The zero-order valence-corrected chi connectivity index (χ0v) is 71.9. The maximum absolute atomic E-state index is 12.8. The highest BCUT2D eigenvalue weighted by atomic mass is 16.6. The average Bonchev–Trinajstić information content (AvgIpc) is 1.66. The number of nitrogens with one attached hydrogen (secondary N) is 10. The second kappa shape index (κ2) is 48.4. The minimum atomic E-state index is -1.05. The van der Waals surface area contributed by atoms with Crippen molar-refractivity contribution in [3.8, 4) is 0 Å². The molecular weight excluding hydrogens is 1660 g/mol. The SMILES string of the molecule is CCOC(=O)c1[nH]c2ccc(C(=O)Nc3ccccc3)cc2c1CCCNC(=O)OCc1ccccc1.CCOC(=O)c1[nH]c2ccc(C(=O)Nc3ccccc3)cc2c1CCCNC(=O)OCc1ccccc1.CCOC(=O)c1[nH]c2ccc(C(=O)O)cc2c1CCCNC(=O)OCc1ccccc1.NCCCc1c(C(=O)O)[nH]c2ccc(C(=O)Nc3ccccc3)cc12. The number of hydrogen-bond donors (Lipinski definition) is 13. The van der Waals surface area contributed by atoms with E-state index in [0.29, 0.717) is 156 Å². The van der Waals surface area contributed by atoms with Crippen LogP contribution in [-0.4, -0.2) is 142 Å². The quantitative estimate of drug-likeness (QED) is 0.00996. The summed E-state index contributed by atoms with van der Waals surface area (Å²) in [5, 5.41) is 38.3. The molecule has 0 saturated heterocycles. The van der Waals surface area contributed by atoms with Crippen molar-refractivity contribution in [2.24, 2.45) is 5.73 Å². The van der Waals surface area contributed by atoms with E-state index in [-0.39, 0.29) is 68.6 Å². The number of aromatic carboxylic acids is 2. The summed E-state index contributed by atoms with van der Waals surface area (Å²) in [7, 11) is 0. The number of para-hydroxylation sites is 3. The van der Waals surface area contributed by atoms with E-state index in [1.807, 2.05) is 182 Å². The van der Waals surface area contributed by atoms with Gasteiger partial charge < -0.3 is 96.2 Å². The summed E-state index contributed by atoms with van der Waals surface area (Å²) in [5.41, 5.74) is 18.7. The Balaban J connectivity index is 0.000000169. The summed E-state index contributed by atoms with van der Waals surface area (Å²) < 4.78 is 31.3. The van der Waals surface area contributed by atoms with Crippen LogP contribution in [0.4, 0.5) is 31.4 Å². The van der Waals surface area contributed by atoms with Gasteiger partial charge in [-0.05, 0) is 227 Å². The molecule has 0 aliphatic carbocycles. The van der Waals surface area contributed by atoms with Crippen molar-refractivity contribution in [3.63, 3.8) is 0 Å². The molecule has 0 unspecified atom stereocenters. The molecule has 0 radical (unpaired) electrons. The number of fused-ring (bicyclic) bond motifs is 4. The number of nitrogens with two attached hydrogens (primary N) is 1. The molecule has 30 heteroatoms. The van der Waals surface area contributed by atoms with E-state index < -0.39 is 48.1 Å². The van der Waals surface area contributed by atoms with Crippen molar-refractivity contribution in [1.29, 1.82) is 0 Å². The van der Waals surface area contributed by atoms with Crippen LogP contribution < -0.4 is 37.6 Å². The van der Waals surface area contributed by atoms with Gasteiger partial charge in [-0.2, -0.15) is 0 Å². The number of rotatable bonds is 35. The van der Waals surface area contributed by atoms with Gasteiger partial charge >= 0.3 is 48.1 Å². The zero-order valence-electron chi connectivity index (χ0n) is 71.9. The number of aromatic nitrogens is 4. The van der Waals surface area contributed by atoms with Crippen molar-refractivity contribution in [1.82, 2.24) is 35.9 Å². The first-order chi connectivity index (χ1) is 63.2. The van der Waals surface area contributed by atoms with Gasteiger partial charge in [-0.3, -0.25) is 14.4 Å². The van der Waals surface area contributed by atoms with Gasteiger partial charge in [0.05, 0.1) is 25.4 Å². The molecule has 30 nitrogen and oxygen atoms in total. The molecule has 670 valence electrons. The Bertz CT molecular complexity index is 6010. The van der Waals surface area contributed by atoms with E-state index in [2.05, 4.69) is 51.8 Å². The molecule has 0 fully saturated rings. The summed E-state index contributed by atoms with van der Waals surface area (Å²) in [4.78, 5) is 147. The van der Waals surface area contributed by atoms with Gasteiger partial charge in [0.1, 0.15) is 42.6 Å². The van der Waals surface area contributed by atoms with Crippen LogP contribution in [-0.2, 0) is 73.9 Å². The average molecular weight is 1760 g/mol. The fraction of sp³-hybridized carbons (Fsp3) is 0.210. The molecule has 6 amide bonds.